The number of hydrogen-bond acceptors (Lipinski definition) is 6. The van der Waals surface area contributed by atoms with Crippen LogP contribution >= 0.6 is 0 Å². The first-order valence-electron chi connectivity index (χ1n) is 7.36. The minimum absolute atomic E-state index is 0.00351. The molecule has 0 spiro atoms. The number of Topliss-reactive ketones (excluding diaryl/α,β-unsaturated/α-hetero) is 2. The maximum absolute atomic E-state index is 12.4. The van der Waals surface area contributed by atoms with E-state index < -0.39 is 4.92 Å². The standard InChI is InChI=1S/C17H13N3O4/c21-16-9-15(17(22)14-4-2-1-3-13(14)16)18-8-7-11-5-6-12(10-19-11)20(23)24/h1-6,10H,7-9H2. The van der Waals surface area contributed by atoms with E-state index in [1.807, 2.05) is 0 Å². The van der Waals surface area contributed by atoms with Gasteiger partial charge in [-0.1, -0.05) is 24.3 Å². The molecule has 7 heteroatoms. The maximum atomic E-state index is 12.4. The van der Waals surface area contributed by atoms with Crippen LogP contribution in [0.4, 0.5) is 5.69 Å². The zero-order chi connectivity index (χ0) is 17.1. The Bertz CT molecular complexity index is 856. The van der Waals surface area contributed by atoms with Crippen molar-refractivity contribution in [1.29, 1.82) is 0 Å². The average Bonchev–Trinajstić information content (AvgIpc) is 2.59. The third kappa shape index (κ3) is 3.10. The molecule has 1 aromatic heterocycles. The Balaban J connectivity index is 1.70. The fourth-order valence-corrected chi connectivity index (χ4v) is 2.51. The van der Waals surface area contributed by atoms with Gasteiger partial charge >= 0.3 is 0 Å². The highest BCUT2D eigenvalue weighted by molar-refractivity contribution is 6.52. The number of ketones is 2. The van der Waals surface area contributed by atoms with E-state index in [4.69, 9.17) is 0 Å². The van der Waals surface area contributed by atoms with Gasteiger partial charge in [-0.25, -0.2) is 0 Å². The molecule has 7 nitrogen and oxygen atoms in total. The van der Waals surface area contributed by atoms with E-state index >= 15 is 0 Å². The third-order valence-corrected chi connectivity index (χ3v) is 3.75. The number of carbonyl (C=O) groups excluding carboxylic acids is 2. The molecule has 0 N–H and O–H groups in total. The third-order valence-electron chi connectivity index (χ3n) is 3.75. The first-order chi connectivity index (χ1) is 11.6. The molecule has 1 heterocycles. The zero-order valence-electron chi connectivity index (χ0n) is 12.6. The minimum atomic E-state index is -0.513. The van der Waals surface area contributed by atoms with Gasteiger partial charge in [0.15, 0.2) is 5.78 Å². The number of pyridine rings is 1. The molecule has 0 radical (unpaired) electrons. The molecule has 24 heavy (non-hydrogen) atoms. The molecule has 2 aromatic rings. The van der Waals surface area contributed by atoms with Gasteiger partial charge in [0, 0.05) is 35.9 Å². The normalized spacial score (nSPS) is 15.4. The zero-order valence-corrected chi connectivity index (χ0v) is 12.6. The second-order valence-electron chi connectivity index (χ2n) is 5.32. The van der Waals surface area contributed by atoms with Gasteiger partial charge in [-0.2, -0.15) is 0 Å². The summed E-state index contributed by atoms with van der Waals surface area (Å²) in [5.41, 5.74) is 1.65. The van der Waals surface area contributed by atoms with Crippen molar-refractivity contribution in [3.8, 4) is 0 Å². The van der Waals surface area contributed by atoms with Crippen LogP contribution < -0.4 is 0 Å². The molecule has 0 amide bonds. The SMILES string of the molecule is O=C1CC(=NCCc2ccc([N+](=O)[O-])cn2)C(=O)c2ccccc21. The van der Waals surface area contributed by atoms with Gasteiger partial charge in [-0.3, -0.25) is 29.7 Å². The lowest BCUT2D eigenvalue weighted by Crippen LogP contribution is -2.27. The van der Waals surface area contributed by atoms with Crippen molar-refractivity contribution in [2.75, 3.05) is 6.54 Å². The van der Waals surface area contributed by atoms with Crippen LogP contribution in [-0.4, -0.2) is 33.7 Å². The predicted molar refractivity (Wildman–Crippen MR) is 86.6 cm³/mol. The molecule has 1 aliphatic rings. The second-order valence-corrected chi connectivity index (χ2v) is 5.32. The fraction of sp³-hybridized carbons (Fsp3) is 0.176. The monoisotopic (exact) mass is 323 g/mol. The first kappa shape index (κ1) is 15.7. The number of benzene rings is 1. The Kier molecular flexibility index (Phi) is 4.24. The lowest BCUT2D eigenvalue weighted by atomic mass is 9.88. The molecule has 3 rings (SSSR count). The van der Waals surface area contributed by atoms with Crippen molar-refractivity contribution in [3.63, 3.8) is 0 Å². The molecule has 0 saturated carbocycles. The quantitative estimate of drug-likeness (QED) is 0.635. The lowest BCUT2D eigenvalue weighted by Gasteiger charge is -2.15. The Morgan fingerprint density at radius 3 is 2.54 bits per heavy atom. The molecule has 0 saturated heterocycles. The molecule has 0 unspecified atom stereocenters. The first-order valence-corrected chi connectivity index (χ1v) is 7.36. The minimum Gasteiger partial charge on any atom is -0.294 e. The van der Waals surface area contributed by atoms with Gasteiger partial charge in [0.2, 0.25) is 5.78 Å². The summed E-state index contributed by atoms with van der Waals surface area (Å²) < 4.78 is 0. The second kappa shape index (κ2) is 6.49. The summed E-state index contributed by atoms with van der Waals surface area (Å²) in [4.78, 5) is 42.7. The van der Waals surface area contributed by atoms with Crippen LogP contribution in [0.3, 0.4) is 0 Å². The summed E-state index contributed by atoms with van der Waals surface area (Å²) in [6.45, 7) is 0.293. The molecule has 120 valence electrons. The molecule has 1 aromatic carbocycles. The van der Waals surface area contributed by atoms with Crippen molar-refractivity contribution in [1.82, 2.24) is 4.98 Å². The number of rotatable bonds is 4. The van der Waals surface area contributed by atoms with Gasteiger partial charge in [-0.05, 0) is 6.07 Å². The van der Waals surface area contributed by atoms with Crippen molar-refractivity contribution < 1.29 is 14.5 Å². The van der Waals surface area contributed by atoms with E-state index in [0.29, 0.717) is 29.8 Å². The van der Waals surface area contributed by atoms with Gasteiger partial charge < -0.3 is 0 Å². The average molecular weight is 323 g/mol. The van der Waals surface area contributed by atoms with Crippen molar-refractivity contribution in [2.45, 2.75) is 12.8 Å². The van der Waals surface area contributed by atoms with E-state index in [1.54, 1.807) is 30.3 Å². The van der Waals surface area contributed by atoms with Crippen molar-refractivity contribution in [3.05, 3.63) is 69.5 Å². The smallest absolute Gasteiger partial charge is 0.287 e. The highest BCUT2D eigenvalue weighted by Crippen LogP contribution is 2.19. The molecule has 0 fully saturated rings. The van der Waals surface area contributed by atoms with Crippen LogP contribution in [0.1, 0.15) is 32.8 Å². The Labute approximate surface area is 137 Å². The number of nitrogens with zero attached hydrogens (tertiary/aromatic N) is 3. The van der Waals surface area contributed by atoms with Crippen molar-refractivity contribution >= 4 is 23.0 Å². The van der Waals surface area contributed by atoms with Crippen LogP contribution in [0.15, 0.2) is 47.6 Å². The van der Waals surface area contributed by atoms with E-state index in [-0.39, 0.29) is 29.4 Å². The van der Waals surface area contributed by atoms with Crippen LogP contribution in [0.2, 0.25) is 0 Å². The predicted octanol–water partition coefficient (Wildman–Crippen LogP) is 2.44. The van der Waals surface area contributed by atoms with E-state index in [2.05, 4.69) is 9.98 Å². The Morgan fingerprint density at radius 2 is 1.88 bits per heavy atom. The summed E-state index contributed by atoms with van der Waals surface area (Å²) in [6, 6.07) is 9.65. The number of fused-ring (bicyclic) bond motifs is 1. The summed E-state index contributed by atoms with van der Waals surface area (Å²) in [7, 11) is 0. The summed E-state index contributed by atoms with van der Waals surface area (Å²) in [5, 5.41) is 10.6. The molecule has 0 aliphatic heterocycles. The Morgan fingerprint density at radius 1 is 1.12 bits per heavy atom. The highest BCUT2D eigenvalue weighted by Gasteiger charge is 2.28. The molecule has 0 atom stereocenters. The van der Waals surface area contributed by atoms with Gasteiger partial charge in [0.05, 0.1) is 17.1 Å². The molecule has 0 bridgehead atoms. The van der Waals surface area contributed by atoms with Crippen LogP contribution in [0.25, 0.3) is 0 Å². The highest BCUT2D eigenvalue weighted by atomic mass is 16.6. The van der Waals surface area contributed by atoms with Gasteiger partial charge in [-0.15, -0.1) is 0 Å². The number of aromatic nitrogens is 1. The molecular formula is C17H13N3O4. The maximum Gasteiger partial charge on any atom is 0.287 e. The van der Waals surface area contributed by atoms with Crippen LogP contribution in [0, 0.1) is 10.1 Å². The summed E-state index contributed by atoms with van der Waals surface area (Å²) in [6.07, 6.45) is 1.63. The van der Waals surface area contributed by atoms with Gasteiger partial charge in [0.25, 0.3) is 5.69 Å². The molecule has 1 aliphatic carbocycles. The Hall–Kier alpha value is -3.22. The summed E-state index contributed by atoms with van der Waals surface area (Å²) in [5.74, 6) is -0.334. The van der Waals surface area contributed by atoms with Crippen LogP contribution in [-0.2, 0) is 6.42 Å². The lowest BCUT2D eigenvalue weighted by molar-refractivity contribution is -0.385. The van der Waals surface area contributed by atoms with Crippen LogP contribution in [0.5, 0.6) is 0 Å². The van der Waals surface area contributed by atoms with E-state index in [9.17, 15) is 19.7 Å². The number of hydrogen-bond donors (Lipinski definition) is 0. The summed E-state index contributed by atoms with van der Waals surface area (Å²) >= 11 is 0. The van der Waals surface area contributed by atoms with Crippen molar-refractivity contribution in [2.24, 2.45) is 4.99 Å². The van der Waals surface area contributed by atoms with E-state index in [1.165, 1.54) is 12.3 Å². The number of carbonyl (C=O) groups is 2. The van der Waals surface area contributed by atoms with Gasteiger partial charge in [0.1, 0.15) is 6.20 Å². The topological polar surface area (TPSA) is 103 Å². The number of aliphatic imine (C=N–C) groups is 1. The molecular weight excluding hydrogens is 310 g/mol. The largest absolute Gasteiger partial charge is 0.294 e. The van der Waals surface area contributed by atoms with E-state index in [0.717, 1.165) is 0 Å². The fourth-order valence-electron chi connectivity index (χ4n) is 2.51. The number of nitro groups is 1.